The van der Waals surface area contributed by atoms with Crippen LogP contribution in [0.25, 0.3) is 0 Å². The van der Waals surface area contributed by atoms with E-state index in [0.717, 1.165) is 25.7 Å². The molecular formula is C12H21NO4. The zero-order chi connectivity index (χ0) is 12.8. The van der Waals surface area contributed by atoms with Crippen molar-refractivity contribution in [1.82, 2.24) is 4.90 Å². The van der Waals surface area contributed by atoms with E-state index in [1.165, 1.54) is 7.11 Å². The van der Waals surface area contributed by atoms with Gasteiger partial charge in [-0.2, -0.15) is 0 Å². The molecule has 0 aliphatic heterocycles. The number of aliphatic hydroxyl groups excluding tert-OH is 1. The van der Waals surface area contributed by atoms with Crippen molar-refractivity contribution in [2.75, 3.05) is 27.3 Å². The molecule has 1 amide bonds. The van der Waals surface area contributed by atoms with E-state index >= 15 is 0 Å². The lowest BCUT2D eigenvalue weighted by molar-refractivity contribution is -0.148. The average Bonchev–Trinajstić information content (AvgIpc) is 2.37. The zero-order valence-corrected chi connectivity index (χ0v) is 10.5. The molecule has 1 rings (SSSR count). The largest absolute Gasteiger partial charge is 0.469 e. The van der Waals surface area contributed by atoms with E-state index < -0.39 is 0 Å². The van der Waals surface area contributed by atoms with Gasteiger partial charge in [-0.3, -0.25) is 9.59 Å². The second kappa shape index (κ2) is 6.59. The van der Waals surface area contributed by atoms with Crippen LogP contribution in [0.2, 0.25) is 0 Å². The van der Waals surface area contributed by atoms with E-state index in [9.17, 15) is 9.59 Å². The summed E-state index contributed by atoms with van der Waals surface area (Å²) in [5.41, 5.74) is 0. The number of aliphatic hydroxyl groups is 1. The molecule has 0 aromatic heterocycles. The number of rotatable bonds is 4. The maximum Gasteiger partial charge on any atom is 0.308 e. The summed E-state index contributed by atoms with van der Waals surface area (Å²) < 4.78 is 4.70. The first kappa shape index (κ1) is 14.0. The van der Waals surface area contributed by atoms with Crippen LogP contribution in [-0.2, 0) is 14.3 Å². The van der Waals surface area contributed by atoms with E-state index in [4.69, 9.17) is 9.84 Å². The Hall–Kier alpha value is -1.10. The van der Waals surface area contributed by atoms with Crippen LogP contribution in [0.1, 0.15) is 25.7 Å². The maximum atomic E-state index is 11.9. The monoisotopic (exact) mass is 243 g/mol. The summed E-state index contributed by atoms with van der Waals surface area (Å²) in [6.07, 6.45) is 2.90. The summed E-state index contributed by atoms with van der Waals surface area (Å²) in [5, 5.41) is 8.78. The number of likely N-dealkylation sites (N-methyl/N-ethyl adjacent to an activating group) is 1. The summed E-state index contributed by atoms with van der Waals surface area (Å²) in [6.45, 7) is 0.357. The Labute approximate surface area is 102 Å². The lowest BCUT2D eigenvalue weighted by atomic mass is 9.81. The third-order valence-electron chi connectivity index (χ3n) is 3.42. The van der Waals surface area contributed by atoms with Crippen LogP contribution in [0.15, 0.2) is 0 Å². The quantitative estimate of drug-likeness (QED) is 0.727. The van der Waals surface area contributed by atoms with Crippen LogP contribution >= 0.6 is 0 Å². The Morgan fingerprint density at radius 1 is 1.24 bits per heavy atom. The minimum absolute atomic E-state index is 0.00699. The summed E-state index contributed by atoms with van der Waals surface area (Å²) in [7, 11) is 3.10. The summed E-state index contributed by atoms with van der Waals surface area (Å²) in [4.78, 5) is 24.8. The molecule has 0 spiro atoms. The van der Waals surface area contributed by atoms with Gasteiger partial charge < -0.3 is 14.7 Å². The van der Waals surface area contributed by atoms with Crippen LogP contribution in [0, 0.1) is 11.8 Å². The maximum absolute atomic E-state index is 11.9. The van der Waals surface area contributed by atoms with Crippen molar-refractivity contribution in [1.29, 1.82) is 0 Å². The highest BCUT2D eigenvalue weighted by Crippen LogP contribution is 2.30. The fourth-order valence-corrected chi connectivity index (χ4v) is 2.31. The van der Waals surface area contributed by atoms with Crippen molar-refractivity contribution < 1.29 is 19.4 Å². The molecule has 17 heavy (non-hydrogen) atoms. The Morgan fingerprint density at radius 3 is 2.24 bits per heavy atom. The van der Waals surface area contributed by atoms with Gasteiger partial charge >= 0.3 is 5.97 Å². The number of ether oxygens (including phenoxy) is 1. The van der Waals surface area contributed by atoms with Crippen molar-refractivity contribution in [3.63, 3.8) is 0 Å². The molecule has 1 fully saturated rings. The molecule has 1 aliphatic carbocycles. The van der Waals surface area contributed by atoms with E-state index in [-0.39, 0.29) is 30.3 Å². The second-order valence-electron chi connectivity index (χ2n) is 4.56. The number of hydrogen-bond donors (Lipinski definition) is 1. The van der Waals surface area contributed by atoms with Crippen LogP contribution in [0.3, 0.4) is 0 Å². The predicted molar refractivity (Wildman–Crippen MR) is 62.2 cm³/mol. The Balaban J connectivity index is 2.41. The molecule has 0 saturated heterocycles. The molecule has 0 heterocycles. The van der Waals surface area contributed by atoms with Gasteiger partial charge in [0.25, 0.3) is 0 Å². The topological polar surface area (TPSA) is 66.8 Å². The smallest absolute Gasteiger partial charge is 0.308 e. The van der Waals surface area contributed by atoms with Gasteiger partial charge in [0.05, 0.1) is 19.6 Å². The average molecular weight is 243 g/mol. The van der Waals surface area contributed by atoms with Gasteiger partial charge in [0.2, 0.25) is 5.91 Å². The highest BCUT2D eigenvalue weighted by Gasteiger charge is 2.31. The molecular weight excluding hydrogens is 222 g/mol. The summed E-state index contributed by atoms with van der Waals surface area (Å²) in [5.74, 6) is -0.151. The van der Waals surface area contributed by atoms with Crippen LogP contribution in [-0.4, -0.2) is 49.2 Å². The Morgan fingerprint density at radius 2 is 1.76 bits per heavy atom. The van der Waals surface area contributed by atoms with Crippen molar-refractivity contribution in [3.05, 3.63) is 0 Å². The first-order chi connectivity index (χ1) is 8.10. The van der Waals surface area contributed by atoms with Crippen LogP contribution in [0.4, 0.5) is 0 Å². The first-order valence-corrected chi connectivity index (χ1v) is 6.03. The number of carbonyl (C=O) groups is 2. The third kappa shape index (κ3) is 3.70. The molecule has 5 nitrogen and oxygen atoms in total. The van der Waals surface area contributed by atoms with Crippen LogP contribution in [0.5, 0.6) is 0 Å². The Bertz CT molecular complexity index is 272. The lowest BCUT2D eigenvalue weighted by Crippen LogP contribution is -2.37. The minimum Gasteiger partial charge on any atom is -0.469 e. The first-order valence-electron chi connectivity index (χ1n) is 6.03. The third-order valence-corrected chi connectivity index (χ3v) is 3.42. The molecule has 1 saturated carbocycles. The molecule has 0 unspecified atom stereocenters. The summed E-state index contributed by atoms with van der Waals surface area (Å²) in [6, 6.07) is 0. The van der Waals surface area contributed by atoms with Gasteiger partial charge in [-0.05, 0) is 25.7 Å². The number of hydrogen-bond acceptors (Lipinski definition) is 4. The number of methoxy groups -OCH3 is 1. The Kier molecular flexibility index (Phi) is 5.41. The van der Waals surface area contributed by atoms with Gasteiger partial charge in [-0.1, -0.05) is 0 Å². The van der Waals surface area contributed by atoms with Crippen LogP contribution < -0.4 is 0 Å². The molecule has 98 valence electrons. The normalized spacial score (nSPS) is 24.2. The van der Waals surface area contributed by atoms with Crippen molar-refractivity contribution in [2.24, 2.45) is 11.8 Å². The van der Waals surface area contributed by atoms with Gasteiger partial charge in [-0.25, -0.2) is 0 Å². The molecule has 0 bridgehead atoms. The molecule has 0 radical (unpaired) electrons. The fraction of sp³-hybridized carbons (Fsp3) is 0.833. The second-order valence-corrected chi connectivity index (χ2v) is 4.56. The molecule has 0 aromatic carbocycles. The molecule has 0 aromatic rings. The minimum atomic E-state index is -0.167. The lowest BCUT2D eigenvalue weighted by Gasteiger charge is -2.29. The number of nitrogens with zero attached hydrogens (tertiary/aromatic N) is 1. The molecule has 1 aliphatic rings. The number of carbonyl (C=O) groups excluding carboxylic acids is 2. The van der Waals surface area contributed by atoms with Crippen molar-refractivity contribution in [2.45, 2.75) is 25.7 Å². The van der Waals surface area contributed by atoms with E-state index in [0.29, 0.717) is 6.54 Å². The molecule has 1 N–H and O–H groups in total. The standard InChI is InChI=1S/C12H21NO4/c1-13(7-8-14)11(15)9-3-5-10(6-4-9)12(16)17-2/h9-10,14H,3-8H2,1-2H3. The highest BCUT2D eigenvalue weighted by molar-refractivity contribution is 5.79. The summed E-state index contributed by atoms with van der Waals surface area (Å²) >= 11 is 0. The molecule has 0 atom stereocenters. The molecule has 5 heteroatoms. The van der Waals surface area contributed by atoms with Gasteiger partial charge in [0.15, 0.2) is 0 Å². The van der Waals surface area contributed by atoms with E-state index in [1.807, 2.05) is 0 Å². The highest BCUT2D eigenvalue weighted by atomic mass is 16.5. The fourth-order valence-electron chi connectivity index (χ4n) is 2.31. The van der Waals surface area contributed by atoms with E-state index in [1.54, 1.807) is 11.9 Å². The van der Waals surface area contributed by atoms with Crippen molar-refractivity contribution in [3.8, 4) is 0 Å². The van der Waals surface area contributed by atoms with Gasteiger partial charge in [0, 0.05) is 19.5 Å². The van der Waals surface area contributed by atoms with Crippen molar-refractivity contribution >= 4 is 11.9 Å². The SMILES string of the molecule is COC(=O)C1CCC(C(=O)N(C)CCO)CC1. The zero-order valence-electron chi connectivity index (χ0n) is 10.5. The predicted octanol–water partition coefficient (Wildman–Crippen LogP) is 0.416. The van der Waals surface area contributed by atoms with Gasteiger partial charge in [0.1, 0.15) is 0 Å². The number of amides is 1. The van der Waals surface area contributed by atoms with E-state index in [2.05, 4.69) is 0 Å². The number of esters is 1. The van der Waals surface area contributed by atoms with Gasteiger partial charge in [-0.15, -0.1) is 0 Å².